The Balaban J connectivity index is 1.38. The molecule has 1 unspecified atom stereocenters. The molecule has 2 aromatic rings. The Morgan fingerprint density at radius 1 is 1.13 bits per heavy atom. The van der Waals surface area contributed by atoms with Crippen LogP contribution in [0, 0.1) is 0 Å². The second-order valence-electron chi connectivity index (χ2n) is 7.80. The Morgan fingerprint density at radius 3 is 2.57 bits per heavy atom. The lowest BCUT2D eigenvalue weighted by Crippen LogP contribution is -2.51. The van der Waals surface area contributed by atoms with Crippen molar-refractivity contribution in [1.82, 2.24) is 40.3 Å². The second-order valence-corrected chi connectivity index (χ2v) is 7.80. The molecular weight excluding hydrogens is 386 g/mol. The number of carbonyl (C=O) groups is 2. The van der Waals surface area contributed by atoms with Gasteiger partial charge in [-0.05, 0) is 26.3 Å². The highest BCUT2D eigenvalue weighted by Gasteiger charge is 2.36. The van der Waals surface area contributed by atoms with Gasteiger partial charge in [-0.1, -0.05) is 0 Å². The lowest BCUT2D eigenvalue weighted by Gasteiger charge is -2.36. The highest BCUT2D eigenvalue weighted by molar-refractivity contribution is 5.81. The van der Waals surface area contributed by atoms with Gasteiger partial charge >= 0.3 is 6.03 Å². The van der Waals surface area contributed by atoms with E-state index in [9.17, 15) is 9.59 Å². The largest absolute Gasteiger partial charge is 0.337 e. The van der Waals surface area contributed by atoms with Crippen LogP contribution in [0.25, 0.3) is 0 Å². The highest BCUT2D eigenvalue weighted by Crippen LogP contribution is 2.28. The van der Waals surface area contributed by atoms with Crippen LogP contribution in [-0.4, -0.2) is 73.8 Å². The lowest BCUT2D eigenvalue weighted by molar-refractivity contribution is -0.135. The van der Waals surface area contributed by atoms with E-state index < -0.39 is 0 Å². The summed E-state index contributed by atoms with van der Waals surface area (Å²) in [4.78, 5) is 37.7. The van der Waals surface area contributed by atoms with Gasteiger partial charge in [-0.25, -0.2) is 14.8 Å². The molecule has 4 heterocycles. The lowest BCUT2D eigenvalue weighted by atomic mass is 10.1. The molecule has 1 fully saturated rings. The van der Waals surface area contributed by atoms with E-state index in [1.54, 1.807) is 18.5 Å². The highest BCUT2D eigenvalue weighted by atomic mass is 16.2. The number of nitrogens with zero attached hydrogens (tertiary/aromatic N) is 7. The SMILES string of the molecule is CC(C)NC(=O)NCc1nnc2n1C(C(=O)N1CCN(c3ncccn3)CC1)CC2. The van der Waals surface area contributed by atoms with Crippen molar-refractivity contribution in [2.24, 2.45) is 0 Å². The van der Waals surface area contributed by atoms with Crippen LogP contribution in [0.4, 0.5) is 10.7 Å². The van der Waals surface area contributed by atoms with Crippen molar-refractivity contribution in [2.45, 2.75) is 45.3 Å². The van der Waals surface area contributed by atoms with Gasteiger partial charge in [-0.3, -0.25) is 4.79 Å². The van der Waals surface area contributed by atoms with E-state index in [2.05, 4.69) is 35.7 Å². The monoisotopic (exact) mass is 413 g/mol. The maximum absolute atomic E-state index is 13.2. The minimum Gasteiger partial charge on any atom is -0.337 e. The number of urea groups is 1. The molecule has 2 N–H and O–H groups in total. The second kappa shape index (κ2) is 8.64. The zero-order chi connectivity index (χ0) is 21.1. The van der Waals surface area contributed by atoms with Crippen LogP contribution in [0.1, 0.15) is 38.0 Å². The van der Waals surface area contributed by atoms with Crippen LogP contribution in [0.15, 0.2) is 18.5 Å². The molecule has 2 aliphatic rings. The van der Waals surface area contributed by atoms with Crippen molar-refractivity contribution in [3.8, 4) is 0 Å². The van der Waals surface area contributed by atoms with Gasteiger partial charge in [-0.2, -0.15) is 0 Å². The minimum absolute atomic E-state index is 0.0448. The number of fused-ring (bicyclic) bond motifs is 1. The molecule has 11 heteroatoms. The van der Waals surface area contributed by atoms with E-state index in [0.29, 0.717) is 50.8 Å². The van der Waals surface area contributed by atoms with Gasteiger partial charge in [0.25, 0.3) is 0 Å². The number of carbonyl (C=O) groups excluding carboxylic acids is 2. The molecule has 160 valence electrons. The van der Waals surface area contributed by atoms with E-state index in [-0.39, 0.29) is 30.6 Å². The number of amides is 3. The molecule has 4 rings (SSSR count). The quantitative estimate of drug-likeness (QED) is 0.714. The molecule has 3 amide bonds. The summed E-state index contributed by atoms with van der Waals surface area (Å²) >= 11 is 0. The average molecular weight is 413 g/mol. The maximum atomic E-state index is 13.2. The third-order valence-corrected chi connectivity index (χ3v) is 5.33. The first kappa shape index (κ1) is 20.0. The van der Waals surface area contributed by atoms with Gasteiger partial charge in [0, 0.05) is 51.0 Å². The fourth-order valence-electron chi connectivity index (χ4n) is 3.91. The fourth-order valence-corrected chi connectivity index (χ4v) is 3.91. The topological polar surface area (TPSA) is 121 Å². The fraction of sp³-hybridized carbons (Fsp3) is 0.579. The number of aromatic nitrogens is 5. The van der Waals surface area contributed by atoms with Crippen LogP contribution in [0.5, 0.6) is 0 Å². The molecule has 0 radical (unpaired) electrons. The third-order valence-electron chi connectivity index (χ3n) is 5.33. The summed E-state index contributed by atoms with van der Waals surface area (Å²) in [6, 6.07) is 1.25. The Labute approximate surface area is 174 Å². The van der Waals surface area contributed by atoms with Gasteiger partial charge in [-0.15, -0.1) is 10.2 Å². The molecule has 11 nitrogen and oxygen atoms in total. The Morgan fingerprint density at radius 2 is 1.87 bits per heavy atom. The zero-order valence-electron chi connectivity index (χ0n) is 17.3. The predicted molar refractivity (Wildman–Crippen MR) is 109 cm³/mol. The average Bonchev–Trinajstić information content (AvgIpc) is 3.34. The first-order chi connectivity index (χ1) is 14.5. The summed E-state index contributed by atoms with van der Waals surface area (Å²) in [6.45, 7) is 6.65. The van der Waals surface area contributed by atoms with Crippen molar-refractivity contribution in [3.05, 3.63) is 30.1 Å². The summed E-state index contributed by atoms with van der Waals surface area (Å²) < 4.78 is 1.89. The molecule has 0 aromatic carbocycles. The number of anilines is 1. The smallest absolute Gasteiger partial charge is 0.315 e. The van der Waals surface area contributed by atoms with Crippen molar-refractivity contribution in [3.63, 3.8) is 0 Å². The predicted octanol–water partition coefficient (Wildman–Crippen LogP) is 0.112. The van der Waals surface area contributed by atoms with Crippen molar-refractivity contribution in [1.29, 1.82) is 0 Å². The van der Waals surface area contributed by atoms with Gasteiger partial charge < -0.3 is 25.0 Å². The van der Waals surface area contributed by atoms with Crippen LogP contribution in [0.3, 0.4) is 0 Å². The minimum atomic E-state index is -0.320. The number of hydrogen-bond donors (Lipinski definition) is 2. The summed E-state index contributed by atoms with van der Waals surface area (Å²) in [6.07, 6.45) is 4.86. The van der Waals surface area contributed by atoms with Crippen LogP contribution < -0.4 is 15.5 Å². The Hall–Kier alpha value is -3.24. The van der Waals surface area contributed by atoms with E-state index in [0.717, 1.165) is 5.82 Å². The summed E-state index contributed by atoms with van der Waals surface area (Å²) in [5.41, 5.74) is 0. The number of hydrogen-bond acceptors (Lipinski definition) is 7. The van der Waals surface area contributed by atoms with Gasteiger partial charge in [0.2, 0.25) is 11.9 Å². The molecule has 30 heavy (non-hydrogen) atoms. The van der Waals surface area contributed by atoms with Crippen LogP contribution in [0.2, 0.25) is 0 Å². The van der Waals surface area contributed by atoms with E-state index in [1.165, 1.54) is 0 Å². The summed E-state index contributed by atoms with van der Waals surface area (Å²) in [7, 11) is 0. The number of piperazine rings is 1. The first-order valence-electron chi connectivity index (χ1n) is 10.3. The van der Waals surface area contributed by atoms with Crippen LogP contribution >= 0.6 is 0 Å². The number of nitrogens with one attached hydrogen (secondary N) is 2. The van der Waals surface area contributed by atoms with Crippen molar-refractivity contribution < 1.29 is 9.59 Å². The van der Waals surface area contributed by atoms with E-state index in [1.807, 2.05) is 23.3 Å². The molecule has 0 spiro atoms. The molecular formula is C19H27N9O2. The van der Waals surface area contributed by atoms with Gasteiger partial charge in [0.15, 0.2) is 5.82 Å². The molecule has 1 saturated heterocycles. The standard InChI is InChI=1S/C19H27N9O2/c1-13(2)23-19(30)22-12-16-25-24-15-5-4-14(28(15)16)17(29)26-8-10-27(11-9-26)18-20-6-3-7-21-18/h3,6-7,13-14H,4-5,8-12H2,1-2H3,(H2,22,23,30). The van der Waals surface area contributed by atoms with Crippen molar-refractivity contribution >= 4 is 17.9 Å². The van der Waals surface area contributed by atoms with Gasteiger partial charge in [0.1, 0.15) is 11.9 Å². The Bertz CT molecular complexity index is 891. The van der Waals surface area contributed by atoms with E-state index in [4.69, 9.17) is 0 Å². The third kappa shape index (κ3) is 4.19. The molecule has 0 aliphatic carbocycles. The summed E-state index contributed by atoms with van der Waals surface area (Å²) in [5.74, 6) is 2.18. The van der Waals surface area contributed by atoms with E-state index >= 15 is 0 Å². The normalized spacial score (nSPS) is 18.4. The number of rotatable bonds is 5. The van der Waals surface area contributed by atoms with Gasteiger partial charge in [0.05, 0.1) is 6.54 Å². The molecule has 0 saturated carbocycles. The Kier molecular flexibility index (Phi) is 5.77. The van der Waals surface area contributed by atoms with Crippen LogP contribution in [-0.2, 0) is 17.8 Å². The zero-order valence-corrected chi connectivity index (χ0v) is 17.3. The first-order valence-corrected chi connectivity index (χ1v) is 10.3. The molecule has 2 aromatic heterocycles. The number of aryl methyl sites for hydroxylation is 1. The molecule has 0 bridgehead atoms. The van der Waals surface area contributed by atoms with Crippen molar-refractivity contribution in [2.75, 3.05) is 31.1 Å². The summed E-state index contributed by atoms with van der Waals surface area (Å²) in [5, 5.41) is 14.0. The molecule has 1 atom stereocenters. The maximum Gasteiger partial charge on any atom is 0.315 e. The molecule has 2 aliphatic heterocycles.